The number of aromatic nitrogens is 5. The van der Waals surface area contributed by atoms with Crippen molar-refractivity contribution in [3.05, 3.63) is 40.8 Å². The molecular weight excluding hydrogens is 358 g/mol. The Labute approximate surface area is 160 Å². The number of pyridine rings is 1. The molecule has 0 saturated heterocycles. The molecule has 0 saturated carbocycles. The van der Waals surface area contributed by atoms with E-state index in [-0.39, 0.29) is 22.9 Å². The van der Waals surface area contributed by atoms with Crippen LogP contribution in [0.3, 0.4) is 0 Å². The van der Waals surface area contributed by atoms with Crippen LogP contribution in [0.1, 0.15) is 22.4 Å². The minimum atomic E-state index is 0.0856. The largest absolute Gasteiger partial charge is 0.382 e. The highest BCUT2D eigenvalue weighted by Crippen LogP contribution is 2.33. The van der Waals surface area contributed by atoms with Gasteiger partial charge in [-0.15, -0.1) is 15.3 Å². The molecule has 11 heteroatoms. The SMILES string of the molecule is CNc1nc(N)c(N=Nc2nn(-c3ncccn3)c(C)c2C#N)c(C)c1C#N. The number of nitriles is 2. The fourth-order valence-corrected chi connectivity index (χ4v) is 2.54. The Balaban J connectivity index is 2.10. The van der Waals surface area contributed by atoms with E-state index < -0.39 is 0 Å². The van der Waals surface area contributed by atoms with E-state index in [0.717, 1.165) is 0 Å². The lowest BCUT2D eigenvalue weighted by molar-refractivity contribution is 0.781. The second-order valence-corrected chi connectivity index (χ2v) is 5.61. The van der Waals surface area contributed by atoms with Gasteiger partial charge in [-0.25, -0.2) is 15.0 Å². The number of nitrogens with zero attached hydrogens (tertiary/aromatic N) is 9. The molecule has 11 nitrogen and oxygen atoms in total. The number of hydrogen-bond donors (Lipinski definition) is 2. The summed E-state index contributed by atoms with van der Waals surface area (Å²) in [6.45, 7) is 3.40. The minimum Gasteiger partial charge on any atom is -0.382 e. The van der Waals surface area contributed by atoms with E-state index in [4.69, 9.17) is 5.73 Å². The molecule has 0 bridgehead atoms. The van der Waals surface area contributed by atoms with Gasteiger partial charge < -0.3 is 11.1 Å². The van der Waals surface area contributed by atoms with E-state index >= 15 is 0 Å². The van der Waals surface area contributed by atoms with Crippen LogP contribution < -0.4 is 11.1 Å². The van der Waals surface area contributed by atoms with Crippen molar-refractivity contribution in [2.75, 3.05) is 18.1 Å². The van der Waals surface area contributed by atoms with Crippen molar-refractivity contribution in [1.29, 1.82) is 10.5 Å². The van der Waals surface area contributed by atoms with Gasteiger partial charge >= 0.3 is 0 Å². The van der Waals surface area contributed by atoms with Crippen molar-refractivity contribution in [2.45, 2.75) is 13.8 Å². The molecular formula is C17H15N11. The first-order chi connectivity index (χ1) is 13.5. The standard InChI is InChI=1S/C17H15N11/c1-9-11(7-18)15(21-3)24-14(20)13(9)25-26-16-12(8-19)10(2)28(27-16)17-22-5-4-6-23-17/h4-6H,1-3H3,(H3,20,21,24). The number of rotatable bonds is 4. The Morgan fingerprint density at radius 1 is 1.11 bits per heavy atom. The first-order valence-corrected chi connectivity index (χ1v) is 8.08. The lowest BCUT2D eigenvalue weighted by Gasteiger charge is -2.09. The normalized spacial score (nSPS) is 10.6. The van der Waals surface area contributed by atoms with Gasteiger partial charge in [0.05, 0.1) is 11.3 Å². The van der Waals surface area contributed by atoms with Crippen LogP contribution in [0.2, 0.25) is 0 Å². The van der Waals surface area contributed by atoms with Crippen molar-refractivity contribution in [3.63, 3.8) is 0 Å². The van der Waals surface area contributed by atoms with Crippen LogP contribution in [0.25, 0.3) is 5.95 Å². The lowest BCUT2D eigenvalue weighted by atomic mass is 10.1. The second-order valence-electron chi connectivity index (χ2n) is 5.61. The Morgan fingerprint density at radius 2 is 1.79 bits per heavy atom. The molecule has 0 amide bonds. The van der Waals surface area contributed by atoms with Crippen LogP contribution in [-0.2, 0) is 0 Å². The number of nitrogens with one attached hydrogen (secondary N) is 1. The van der Waals surface area contributed by atoms with E-state index in [1.807, 2.05) is 0 Å². The molecule has 0 unspecified atom stereocenters. The number of nitrogens with two attached hydrogens (primary N) is 1. The molecule has 0 aliphatic heterocycles. The maximum atomic E-state index is 9.48. The first kappa shape index (κ1) is 18.4. The summed E-state index contributed by atoms with van der Waals surface area (Å²) in [5.41, 5.74) is 7.78. The molecule has 3 aromatic rings. The van der Waals surface area contributed by atoms with Crippen molar-refractivity contribution >= 4 is 23.1 Å². The maximum absolute atomic E-state index is 9.48. The highest BCUT2D eigenvalue weighted by Gasteiger charge is 2.18. The van der Waals surface area contributed by atoms with Gasteiger partial charge in [-0.05, 0) is 19.9 Å². The molecule has 3 N–H and O–H groups in total. The van der Waals surface area contributed by atoms with Gasteiger partial charge in [-0.2, -0.15) is 15.2 Å². The third-order valence-corrected chi connectivity index (χ3v) is 3.99. The van der Waals surface area contributed by atoms with Gasteiger partial charge in [0.2, 0.25) is 5.82 Å². The van der Waals surface area contributed by atoms with Gasteiger partial charge in [0.15, 0.2) is 5.82 Å². The zero-order valence-electron chi connectivity index (χ0n) is 15.3. The quantitative estimate of drug-likeness (QED) is 0.657. The topological polar surface area (TPSA) is 167 Å². The first-order valence-electron chi connectivity index (χ1n) is 8.08. The van der Waals surface area contributed by atoms with Gasteiger partial charge in [0, 0.05) is 25.0 Å². The van der Waals surface area contributed by atoms with Crippen molar-refractivity contribution < 1.29 is 0 Å². The van der Waals surface area contributed by atoms with Gasteiger partial charge in [-0.3, -0.25) is 0 Å². The summed E-state index contributed by atoms with van der Waals surface area (Å²) >= 11 is 0. The number of anilines is 2. The molecule has 3 heterocycles. The summed E-state index contributed by atoms with van der Waals surface area (Å²) in [5, 5.41) is 34.1. The predicted octanol–water partition coefficient (Wildman–Crippen LogP) is 2.46. The molecule has 0 radical (unpaired) electrons. The van der Waals surface area contributed by atoms with Crippen LogP contribution >= 0.6 is 0 Å². The van der Waals surface area contributed by atoms with E-state index in [1.54, 1.807) is 39.4 Å². The average molecular weight is 373 g/mol. The van der Waals surface area contributed by atoms with Crippen LogP contribution in [0.15, 0.2) is 28.7 Å². The fourth-order valence-electron chi connectivity index (χ4n) is 2.54. The predicted molar refractivity (Wildman–Crippen MR) is 100 cm³/mol. The van der Waals surface area contributed by atoms with Gasteiger partial charge in [0.1, 0.15) is 29.2 Å². The van der Waals surface area contributed by atoms with Crippen molar-refractivity contribution in [2.24, 2.45) is 10.2 Å². The molecule has 0 aromatic carbocycles. The molecule has 3 aromatic heterocycles. The summed E-state index contributed by atoms with van der Waals surface area (Å²) < 4.78 is 1.41. The molecule has 3 rings (SSSR count). The molecule has 0 aliphatic rings. The van der Waals surface area contributed by atoms with Crippen molar-refractivity contribution in [1.82, 2.24) is 24.7 Å². The lowest BCUT2D eigenvalue weighted by Crippen LogP contribution is -2.03. The second kappa shape index (κ2) is 7.47. The Kier molecular flexibility index (Phi) is 4.91. The summed E-state index contributed by atoms with van der Waals surface area (Å²) in [6, 6.07) is 5.80. The fraction of sp³-hybridized carbons (Fsp3) is 0.176. The monoisotopic (exact) mass is 373 g/mol. The van der Waals surface area contributed by atoms with E-state index in [0.29, 0.717) is 28.6 Å². The maximum Gasteiger partial charge on any atom is 0.250 e. The van der Waals surface area contributed by atoms with Crippen LogP contribution in [0.4, 0.5) is 23.1 Å². The van der Waals surface area contributed by atoms with Crippen LogP contribution in [-0.4, -0.2) is 31.8 Å². The zero-order chi connectivity index (χ0) is 20.3. The molecule has 0 aliphatic carbocycles. The molecule has 0 atom stereocenters. The van der Waals surface area contributed by atoms with Crippen LogP contribution in [0.5, 0.6) is 0 Å². The van der Waals surface area contributed by atoms with Crippen molar-refractivity contribution in [3.8, 4) is 18.1 Å². The smallest absolute Gasteiger partial charge is 0.250 e. The third kappa shape index (κ3) is 3.08. The van der Waals surface area contributed by atoms with Gasteiger partial charge in [0.25, 0.3) is 5.95 Å². The summed E-state index contributed by atoms with van der Waals surface area (Å²) in [4.78, 5) is 12.4. The highest BCUT2D eigenvalue weighted by atomic mass is 15.4. The molecule has 0 spiro atoms. The highest BCUT2D eigenvalue weighted by molar-refractivity contribution is 5.72. The average Bonchev–Trinajstić information content (AvgIpc) is 3.03. The van der Waals surface area contributed by atoms with E-state index in [1.165, 1.54) is 4.68 Å². The summed E-state index contributed by atoms with van der Waals surface area (Å²) in [6.07, 6.45) is 3.14. The third-order valence-electron chi connectivity index (χ3n) is 3.99. The number of hydrogen-bond acceptors (Lipinski definition) is 10. The Bertz CT molecular complexity index is 1150. The number of nitrogen functional groups attached to an aromatic ring is 1. The van der Waals surface area contributed by atoms with Gasteiger partial charge in [-0.1, -0.05) is 0 Å². The Hall–Kier alpha value is -4.38. The van der Waals surface area contributed by atoms with E-state index in [2.05, 4.69) is 47.7 Å². The molecule has 138 valence electrons. The molecule has 0 fully saturated rings. The molecule has 28 heavy (non-hydrogen) atoms. The number of azo groups is 1. The summed E-state index contributed by atoms with van der Waals surface area (Å²) in [7, 11) is 1.64. The summed E-state index contributed by atoms with van der Waals surface area (Å²) in [5.74, 6) is 0.851. The zero-order valence-corrected chi connectivity index (χ0v) is 15.3. The Morgan fingerprint density at radius 3 is 2.39 bits per heavy atom. The minimum absolute atomic E-state index is 0.0856. The van der Waals surface area contributed by atoms with E-state index in [9.17, 15) is 10.5 Å². The van der Waals surface area contributed by atoms with Crippen LogP contribution in [0, 0.1) is 36.5 Å².